The predicted octanol–water partition coefficient (Wildman–Crippen LogP) is 1.00. The van der Waals surface area contributed by atoms with Crippen molar-refractivity contribution in [1.29, 1.82) is 0 Å². The van der Waals surface area contributed by atoms with Gasteiger partial charge in [0.05, 0.1) is 5.92 Å². The van der Waals surface area contributed by atoms with Crippen molar-refractivity contribution in [2.75, 3.05) is 19.6 Å². The Hall–Kier alpha value is -0.570. The zero-order valence-electron chi connectivity index (χ0n) is 9.68. The molecule has 0 saturated carbocycles. The average Bonchev–Trinajstić information content (AvgIpc) is 1.97. The second kappa shape index (κ2) is 4.30. The van der Waals surface area contributed by atoms with Gasteiger partial charge in [0, 0.05) is 19.6 Å². The van der Waals surface area contributed by atoms with Crippen LogP contribution in [-0.4, -0.2) is 25.5 Å². The molecule has 0 aromatic rings. The molecule has 1 aliphatic rings. The van der Waals surface area contributed by atoms with Crippen molar-refractivity contribution in [2.24, 2.45) is 17.3 Å². The molecule has 3 heteroatoms. The monoisotopic (exact) mass is 198 g/mol. The van der Waals surface area contributed by atoms with Gasteiger partial charge < -0.3 is 10.6 Å². The number of rotatable bonds is 4. The Balaban J connectivity index is 2.28. The first-order chi connectivity index (χ1) is 6.43. The van der Waals surface area contributed by atoms with E-state index in [1.54, 1.807) is 0 Å². The number of carbonyl (C=O) groups is 1. The molecule has 82 valence electrons. The van der Waals surface area contributed by atoms with E-state index < -0.39 is 0 Å². The Labute approximate surface area is 86.6 Å². The molecule has 0 bridgehead atoms. The van der Waals surface area contributed by atoms with Gasteiger partial charge >= 0.3 is 0 Å². The van der Waals surface area contributed by atoms with Gasteiger partial charge in [-0.05, 0) is 11.3 Å². The van der Waals surface area contributed by atoms with Crippen LogP contribution in [0, 0.1) is 17.3 Å². The van der Waals surface area contributed by atoms with Gasteiger partial charge in [-0.25, -0.2) is 0 Å². The van der Waals surface area contributed by atoms with E-state index in [1.165, 1.54) is 0 Å². The standard InChI is InChI=1S/C11H22N2O/c1-8(2)11(3,4)7-13-10(14)9-5-12-6-9/h8-9,12H,5-7H2,1-4H3,(H,13,14). The summed E-state index contributed by atoms with van der Waals surface area (Å²) in [6, 6.07) is 0. The number of hydrogen-bond donors (Lipinski definition) is 2. The van der Waals surface area contributed by atoms with Crippen LogP contribution in [0.2, 0.25) is 0 Å². The summed E-state index contributed by atoms with van der Waals surface area (Å²) in [5.41, 5.74) is 0.187. The zero-order valence-corrected chi connectivity index (χ0v) is 9.68. The molecular weight excluding hydrogens is 176 g/mol. The first kappa shape index (κ1) is 11.5. The highest BCUT2D eigenvalue weighted by atomic mass is 16.2. The molecule has 2 N–H and O–H groups in total. The summed E-state index contributed by atoms with van der Waals surface area (Å²) >= 11 is 0. The first-order valence-corrected chi connectivity index (χ1v) is 5.42. The summed E-state index contributed by atoms with van der Waals surface area (Å²) in [6.45, 7) is 11.2. The highest BCUT2D eigenvalue weighted by Crippen LogP contribution is 2.24. The molecule has 1 heterocycles. The summed E-state index contributed by atoms with van der Waals surface area (Å²) in [4.78, 5) is 11.5. The minimum Gasteiger partial charge on any atom is -0.355 e. The third kappa shape index (κ3) is 2.71. The molecular formula is C11H22N2O. The third-order valence-corrected chi connectivity index (χ3v) is 3.43. The number of amides is 1. The van der Waals surface area contributed by atoms with E-state index in [2.05, 4.69) is 38.3 Å². The Morgan fingerprint density at radius 1 is 1.50 bits per heavy atom. The highest BCUT2D eigenvalue weighted by molar-refractivity contribution is 5.80. The van der Waals surface area contributed by atoms with Crippen molar-refractivity contribution in [1.82, 2.24) is 10.6 Å². The van der Waals surface area contributed by atoms with E-state index in [0.29, 0.717) is 5.92 Å². The summed E-state index contributed by atoms with van der Waals surface area (Å²) in [5.74, 6) is 0.998. The summed E-state index contributed by atoms with van der Waals surface area (Å²) in [6.07, 6.45) is 0. The molecule has 0 radical (unpaired) electrons. The van der Waals surface area contributed by atoms with Crippen LogP contribution < -0.4 is 10.6 Å². The van der Waals surface area contributed by atoms with Crippen LogP contribution in [-0.2, 0) is 4.79 Å². The number of nitrogens with one attached hydrogen (secondary N) is 2. The molecule has 0 unspecified atom stereocenters. The van der Waals surface area contributed by atoms with Crippen molar-refractivity contribution < 1.29 is 4.79 Å². The Morgan fingerprint density at radius 3 is 2.43 bits per heavy atom. The summed E-state index contributed by atoms with van der Waals surface area (Å²) < 4.78 is 0. The minimum atomic E-state index is 0.187. The van der Waals surface area contributed by atoms with Gasteiger partial charge in [-0.3, -0.25) is 4.79 Å². The molecule has 14 heavy (non-hydrogen) atoms. The quantitative estimate of drug-likeness (QED) is 0.707. The second-order valence-electron chi connectivity index (χ2n) is 5.22. The van der Waals surface area contributed by atoms with E-state index in [-0.39, 0.29) is 17.2 Å². The maximum atomic E-state index is 11.5. The van der Waals surface area contributed by atoms with Gasteiger partial charge in [0.2, 0.25) is 5.91 Å². The number of hydrogen-bond acceptors (Lipinski definition) is 2. The van der Waals surface area contributed by atoms with Crippen LogP contribution in [0.25, 0.3) is 0 Å². The molecule has 0 spiro atoms. The first-order valence-electron chi connectivity index (χ1n) is 5.42. The van der Waals surface area contributed by atoms with Crippen molar-refractivity contribution in [3.8, 4) is 0 Å². The van der Waals surface area contributed by atoms with Crippen LogP contribution in [0.5, 0.6) is 0 Å². The molecule has 1 fully saturated rings. The van der Waals surface area contributed by atoms with E-state index in [0.717, 1.165) is 19.6 Å². The van der Waals surface area contributed by atoms with E-state index >= 15 is 0 Å². The Morgan fingerprint density at radius 2 is 2.07 bits per heavy atom. The van der Waals surface area contributed by atoms with Crippen LogP contribution in [0.15, 0.2) is 0 Å². The molecule has 1 amide bonds. The fourth-order valence-electron chi connectivity index (χ4n) is 1.14. The maximum Gasteiger partial charge on any atom is 0.225 e. The molecule has 1 rings (SSSR count). The van der Waals surface area contributed by atoms with Gasteiger partial charge in [-0.2, -0.15) is 0 Å². The number of carbonyl (C=O) groups excluding carboxylic acids is 1. The third-order valence-electron chi connectivity index (χ3n) is 3.43. The van der Waals surface area contributed by atoms with Crippen molar-refractivity contribution in [2.45, 2.75) is 27.7 Å². The topological polar surface area (TPSA) is 41.1 Å². The smallest absolute Gasteiger partial charge is 0.225 e. The van der Waals surface area contributed by atoms with E-state index in [9.17, 15) is 4.79 Å². The highest BCUT2D eigenvalue weighted by Gasteiger charge is 2.28. The minimum absolute atomic E-state index is 0.187. The Kier molecular flexibility index (Phi) is 3.53. The lowest BCUT2D eigenvalue weighted by Gasteiger charge is -2.32. The lowest BCUT2D eigenvalue weighted by Crippen LogP contribution is -2.52. The molecule has 3 nitrogen and oxygen atoms in total. The normalized spacial score (nSPS) is 18.1. The molecule has 0 atom stereocenters. The predicted molar refractivity (Wildman–Crippen MR) is 58.0 cm³/mol. The van der Waals surface area contributed by atoms with Gasteiger partial charge in [0.15, 0.2) is 0 Å². The maximum absolute atomic E-state index is 11.5. The van der Waals surface area contributed by atoms with Gasteiger partial charge in [-0.1, -0.05) is 27.7 Å². The Bertz CT molecular complexity index is 207. The van der Waals surface area contributed by atoms with Crippen LogP contribution in [0.3, 0.4) is 0 Å². The molecule has 0 aromatic heterocycles. The van der Waals surface area contributed by atoms with Crippen molar-refractivity contribution >= 4 is 5.91 Å². The molecule has 0 aromatic carbocycles. The van der Waals surface area contributed by atoms with E-state index in [4.69, 9.17) is 0 Å². The fourth-order valence-corrected chi connectivity index (χ4v) is 1.14. The average molecular weight is 198 g/mol. The van der Waals surface area contributed by atoms with E-state index in [1.807, 2.05) is 0 Å². The molecule has 0 aliphatic carbocycles. The van der Waals surface area contributed by atoms with Crippen LogP contribution in [0.4, 0.5) is 0 Å². The van der Waals surface area contributed by atoms with Crippen molar-refractivity contribution in [3.63, 3.8) is 0 Å². The lowest BCUT2D eigenvalue weighted by molar-refractivity contribution is -0.126. The summed E-state index contributed by atoms with van der Waals surface area (Å²) in [5, 5.41) is 6.13. The SMILES string of the molecule is CC(C)C(C)(C)CNC(=O)C1CNC1. The van der Waals surface area contributed by atoms with Crippen LogP contribution >= 0.6 is 0 Å². The summed E-state index contributed by atoms with van der Waals surface area (Å²) in [7, 11) is 0. The molecule has 1 aliphatic heterocycles. The van der Waals surface area contributed by atoms with Gasteiger partial charge in [0.1, 0.15) is 0 Å². The van der Waals surface area contributed by atoms with Gasteiger partial charge in [-0.15, -0.1) is 0 Å². The largest absolute Gasteiger partial charge is 0.355 e. The molecule has 1 saturated heterocycles. The zero-order chi connectivity index (χ0) is 10.8. The van der Waals surface area contributed by atoms with Crippen molar-refractivity contribution in [3.05, 3.63) is 0 Å². The lowest BCUT2D eigenvalue weighted by atomic mass is 9.81. The fraction of sp³-hybridized carbons (Fsp3) is 0.909. The second-order valence-corrected chi connectivity index (χ2v) is 5.22. The van der Waals surface area contributed by atoms with Gasteiger partial charge in [0.25, 0.3) is 0 Å². The van der Waals surface area contributed by atoms with Crippen LogP contribution in [0.1, 0.15) is 27.7 Å².